The summed E-state index contributed by atoms with van der Waals surface area (Å²) < 4.78 is 5.21. The third kappa shape index (κ3) is 5.92. The van der Waals surface area contributed by atoms with Crippen molar-refractivity contribution in [1.29, 1.82) is 0 Å². The molecule has 0 aromatic heterocycles. The Hall–Kier alpha value is -4.13. The lowest BCUT2D eigenvalue weighted by molar-refractivity contribution is -0.160. The Kier molecular flexibility index (Phi) is 8.00. The maximum absolute atomic E-state index is 13.2. The Morgan fingerprint density at radius 2 is 1.39 bits per heavy atom. The van der Waals surface area contributed by atoms with Gasteiger partial charge in [0.05, 0.1) is 12.0 Å². The number of amides is 3. The lowest BCUT2D eigenvalue weighted by atomic mass is 9.77. The molecule has 1 saturated heterocycles. The van der Waals surface area contributed by atoms with Crippen LogP contribution in [0.15, 0.2) is 91.0 Å². The number of hydrogen-bond acceptors (Lipinski definition) is 4. The van der Waals surface area contributed by atoms with Crippen molar-refractivity contribution in [3.63, 3.8) is 0 Å². The minimum atomic E-state index is -0.818. The van der Waals surface area contributed by atoms with Gasteiger partial charge in [0.2, 0.25) is 11.8 Å². The van der Waals surface area contributed by atoms with Gasteiger partial charge in [-0.2, -0.15) is 0 Å². The van der Waals surface area contributed by atoms with Crippen LogP contribution in [0.2, 0.25) is 0 Å². The smallest absolute Gasteiger partial charge is 0.408 e. The number of ether oxygens (including phenoxy) is 1. The summed E-state index contributed by atoms with van der Waals surface area (Å²) in [5.41, 5.74) is 2.93. The van der Waals surface area contributed by atoms with Crippen molar-refractivity contribution < 1.29 is 19.1 Å². The van der Waals surface area contributed by atoms with E-state index in [-0.39, 0.29) is 24.5 Å². The molecule has 4 rings (SSSR count). The zero-order valence-electron chi connectivity index (χ0n) is 20.5. The van der Waals surface area contributed by atoms with Crippen LogP contribution in [0, 0.1) is 5.92 Å². The molecule has 1 aliphatic rings. The standard InChI is InChI=1S/C29H31N3O4/c1-20(30-27(33)21(2)31-29(35)36-19-23-14-8-4-9-15-23)25-26(24-16-10-5-11-17-24)32(28(25)34)18-22-12-6-3-7-13-22/h3-17,20-21,25-26H,18-19H2,1-2H3,(H,30,33)(H,31,35)/t20-,21-,25-,26-/m0/s1. The molecule has 36 heavy (non-hydrogen) atoms. The van der Waals surface area contributed by atoms with Crippen molar-refractivity contribution in [3.05, 3.63) is 108 Å². The molecule has 0 unspecified atom stereocenters. The number of nitrogens with zero attached hydrogens (tertiary/aromatic N) is 1. The normalized spacial score (nSPS) is 18.5. The molecule has 186 valence electrons. The number of carbonyl (C=O) groups is 3. The minimum absolute atomic E-state index is 0.0108. The predicted octanol–water partition coefficient (Wildman–Crippen LogP) is 4.21. The SMILES string of the molecule is C[C@H](NC(=O)OCc1ccccc1)C(=O)N[C@@H](C)[C@@H]1C(=O)N(Cc2ccccc2)[C@H]1c1ccccc1. The van der Waals surface area contributed by atoms with Crippen LogP contribution in [-0.4, -0.2) is 34.9 Å². The van der Waals surface area contributed by atoms with Gasteiger partial charge >= 0.3 is 6.09 Å². The zero-order chi connectivity index (χ0) is 25.5. The second-order valence-electron chi connectivity index (χ2n) is 9.06. The Balaban J connectivity index is 1.36. The van der Waals surface area contributed by atoms with Gasteiger partial charge in [0.15, 0.2) is 0 Å². The van der Waals surface area contributed by atoms with E-state index in [0.717, 1.165) is 16.7 Å². The van der Waals surface area contributed by atoms with E-state index >= 15 is 0 Å². The van der Waals surface area contributed by atoms with Gasteiger partial charge in [-0.05, 0) is 30.5 Å². The summed E-state index contributed by atoms with van der Waals surface area (Å²) in [6, 6.07) is 27.6. The van der Waals surface area contributed by atoms with E-state index in [9.17, 15) is 14.4 Å². The van der Waals surface area contributed by atoms with Crippen molar-refractivity contribution in [2.45, 2.75) is 45.1 Å². The molecule has 2 N–H and O–H groups in total. The highest BCUT2D eigenvalue weighted by Crippen LogP contribution is 2.43. The molecule has 3 amide bonds. The molecule has 1 aliphatic heterocycles. The van der Waals surface area contributed by atoms with Crippen LogP contribution in [-0.2, 0) is 27.5 Å². The molecule has 1 fully saturated rings. The molecule has 7 nitrogen and oxygen atoms in total. The van der Waals surface area contributed by atoms with E-state index in [0.29, 0.717) is 6.54 Å². The van der Waals surface area contributed by atoms with Gasteiger partial charge < -0.3 is 20.3 Å². The van der Waals surface area contributed by atoms with Crippen LogP contribution in [0.25, 0.3) is 0 Å². The Morgan fingerprint density at radius 1 is 0.833 bits per heavy atom. The van der Waals surface area contributed by atoms with E-state index in [1.54, 1.807) is 6.92 Å². The first kappa shape index (κ1) is 25.0. The molecule has 0 aliphatic carbocycles. The Labute approximate surface area is 211 Å². The Bertz CT molecular complexity index is 1170. The molecular formula is C29H31N3O4. The number of carbonyl (C=O) groups excluding carboxylic acids is 3. The van der Waals surface area contributed by atoms with Gasteiger partial charge in [-0.15, -0.1) is 0 Å². The minimum Gasteiger partial charge on any atom is -0.445 e. The van der Waals surface area contributed by atoms with Crippen molar-refractivity contribution in [2.24, 2.45) is 5.92 Å². The van der Waals surface area contributed by atoms with Crippen LogP contribution in [0.1, 0.15) is 36.6 Å². The second kappa shape index (κ2) is 11.5. The summed E-state index contributed by atoms with van der Waals surface area (Å²) in [6.07, 6.45) is -0.676. The number of nitrogens with one attached hydrogen (secondary N) is 2. The summed E-state index contributed by atoms with van der Waals surface area (Å²) in [5.74, 6) is -0.791. The van der Waals surface area contributed by atoms with Gasteiger partial charge in [-0.1, -0.05) is 91.0 Å². The number of rotatable bonds is 9. The molecule has 0 radical (unpaired) electrons. The molecule has 3 aromatic carbocycles. The first-order chi connectivity index (χ1) is 17.4. The van der Waals surface area contributed by atoms with Gasteiger partial charge in [0.25, 0.3) is 0 Å². The highest BCUT2D eigenvalue weighted by molar-refractivity contribution is 5.89. The quantitative estimate of drug-likeness (QED) is 0.445. The third-order valence-electron chi connectivity index (χ3n) is 6.43. The van der Waals surface area contributed by atoms with Crippen molar-refractivity contribution in [3.8, 4) is 0 Å². The summed E-state index contributed by atoms with van der Waals surface area (Å²) in [5, 5.41) is 5.48. The van der Waals surface area contributed by atoms with Crippen LogP contribution in [0.4, 0.5) is 4.79 Å². The molecule has 0 bridgehead atoms. The van der Waals surface area contributed by atoms with Crippen molar-refractivity contribution in [2.75, 3.05) is 0 Å². The third-order valence-corrected chi connectivity index (χ3v) is 6.43. The number of hydrogen-bond donors (Lipinski definition) is 2. The lowest BCUT2D eigenvalue weighted by Crippen LogP contribution is -2.62. The fraction of sp³-hybridized carbons (Fsp3) is 0.276. The largest absolute Gasteiger partial charge is 0.445 e. The number of alkyl carbamates (subject to hydrolysis) is 1. The molecule has 7 heteroatoms. The molecule has 4 atom stereocenters. The highest BCUT2D eigenvalue weighted by Gasteiger charge is 2.50. The fourth-order valence-corrected chi connectivity index (χ4v) is 4.50. The maximum Gasteiger partial charge on any atom is 0.408 e. The zero-order valence-corrected chi connectivity index (χ0v) is 20.5. The van der Waals surface area contributed by atoms with Crippen LogP contribution in [0.5, 0.6) is 0 Å². The monoisotopic (exact) mass is 485 g/mol. The van der Waals surface area contributed by atoms with E-state index < -0.39 is 24.1 Å². The first-order valence-electron chi connectivity index (χ1n) is 12.1. The molecule has 0 saturated carbocycles. The summed E-state index contributed by atoms with van der Waals surface area (Å²) >= 11 is 0. The van der Waals surface area contributed by atoms with Gasteiger partial charge in [-0.3, -0.25) is 9.59 Å². The van der Waals surface area contributed by atoms with Crippen molar-refractivity contribution in [1.82, 2.24) is 15.5 Å². The second-order valence-corrected chi connectivity index (χ2v) is 9.06. The summed E-state index contributed by atoms with van der Waals surface area (Å²) in [6.45, 7) is 4.03. The number of likely N-dealkylation sites (tertiary alicyclic amines) is 1. The maximum atomic E-state index is 13.2. The van der Waals surface area contributed by atoms with Gasteiger partial charge in [0, 0.05) is 12.6 Å². The van der Waals surface area contributed by atoms with Gasteiger partial charge in [0.1, 0.15) is 12.6 Å². The molecule has 0 spiro atoms. The first-order valence-corrected chi connectivity index (χ1v) is 12.1. The number of β-lactam (4-membered cyclic amide) rings is 1. The van der Waals surface area contributed by atoms with E-state index in [2.05, 4.69) is 10.6 Å². The molecule has 1 heterocycles. The Morgan fingerprint density at radius 3 is 2.00 bits per heavy atom. The van der Waals surface area contributed by atoms with E-state index in [1.807, 2.05) is 103 Å². The van der Waals surface area contributed by atoms with Crippen LogP contribution >= 0.6 is 0 Å². The number of benzene rings is 3. The van der Waals surface area contributed by atoms with Gasteiger partial charge in [-0.25, -0.2) is 4.79 Å². The lowest BCUT2D eigenvalue weighted by Gasteiger charge is -2.50. The average Bonchev–Trinajstić information content (AvgIpc) is 2.90. The summed E-state index contributed by atoms with van der Waals surface area (Å²) in [7, 11) is 0. The average molecular weight is 486 g/mol. The predicted molar refractivity (Wildman–Crippen MR) is 136 cm³/mol. The van der Waals surface area contributed by atoms with Crippen molar-refractivity contribution >= 4 is 17.9 Å². The van der Waals surface area contributed by atoms with Crippen LogP contribution in [0.3, 0.4) is 0 Å². The van der Waals surface area contributed by atoms with E-state index in [4.69, 9.17) is 4.74 Å². The highest BCUT2D eigenvalue weighted by atomic mass is 16.5. The topological polar surface area (TPSA) is 87.7 Å². The molecular weight excluding hydrogens is 454 g/mol. The fourth-order valence-electron chi connectivity index (χ4n) is 4.50. The molecule has 3 aromatic rings. The summed E-state index contributed by atoms with van der Waals surface area (Å²) in [4.78, 5) is 40.0. The van der Waals surface area contributed by atoms with E-state index in [1.165, 1.54) is 0 Å². The van der Waals surface area contributed by atoms with Crippen LogP contribution < -0.4 is 10.6 Å².